The lowest BCUT2D eigenvalue weighted by Crippen LogP contribution is -2.45. The number of carboxylic acids is 1. The molecule has 27 heavy (non-hydrogen) atoms. The second-order valence-corrected chi connectivity index (χ2v) is 7.40. The normalized spacial score (nSPS) is 20.1. The fraction of sp³-hybridized carbons (Fsp3) is 0.474. The Balaban J connectivity index is 1.95. The SMILES string of the molecule is CC1CC(C(=O)O)CN(C(=O)c2nc(C(C)C)n(-c3ccccc3F)n2)C1. The molecule has 1 fully saturated rings. The van der Waals surface area contributed by atoms with Crippen LogP contribution in [0.4, 0.5) is 4.39 Å². The molecule has 0 radical (unpaired) electrons. The van der Waals surface area contributed by atoms with Crippen LogP contribution in [0.15, 0.2) is 24.3 Å². The standard InChI is InChI=1S/C19H23FN4O3/c1-11(2)17-21-16(22-24(17)15-7-5-4-6-14(15)20)18(25)23-9-12(3)8-13(10-23)19(26)27/h4-7,11-13H,8-10H2,1-3H3,(H,26,27). The molecule has 3 rings (SSSR count). The Morgan fingerprint density at radius 2 is 1.96 bits per heavy atom. The predicted octanol–water partition coefficient (Wildman–Crippen LogP) is 2.71. The van der Waals surface area contributed by atoms with E-state index in [4.69, 9.17) is 0 Å². The molecule has 1 saturated heterocycles. The largest absolute Gasteiger partial charge is 0.481 e. The van der Waals surface area contributed by atoms with Gasteiger partial charge in [-0.15, -0.1) is 5.10 Å². The molecule has 7 nitrogen and oxygen atoms in total. The number of nitrogens with zero attached hydrogens (tertiary/aromatic N) is 4. The van der Waals surface area contributed by atoms with Crippen LogP contribution in [0.25, 0.3) is 5.69 Å². The Labute approximate surface area is 156 Å². The number of amides is 1. The van der Waals surface area contributed by atoms with E-state index in [1.165, 1.54) is 15.6 Å². The molecule has 2 aromatic rings. The van der Waals surface area contributed by atoms with Crippen molar-refractivity contribution in [3.63, 3.8) is 0 Å². The summed E-state index contributed by atoms with van der Waals surface area (Å²) in [6.07, 6.45) is 0.535. The fourth-order valence-corrected chi connectivity index (χ4v) is 3.43. The van der Waals surface area contributed by atoms with Gasteiger partial charge in [-0.2, -0.15) is 0 Å². The molecular formula is C19H23FN4O3. The summed E-state index contributed by atoms with van der Waals surface area (Å²) in [5.41, 5.74) is 0.225. The minimum atomic E-state index is -0.910. The van der Waals surface area contributed by atoms with E-state index in [0.717, 1.165) is 0 Å². The van der Waals surface area contributed by atoms with Crippen molar-refractivity contribution in [2.75, 3.05) is 13.1 Å². The molecule has 1 N–H and O–H groups in total. The molecule has 1 amide bonds. The average Bonchev–Trinajstić information content (AvgIpc) is 3.06. The van der Waals surface area contributed by atoms with Crippen LogP contribution >= 0.6 is 0 Å². The number of para-hydroxylation sites is 1. The molecule has 2 atom stereocenters. The van der Waals surface area contributed by atoms with Gasteiger partial charge in [-0.3, -0.25) is 9.59 Å². The lowest BCUT2D eigenvalue weighted by molar-refractivity contribution is -0.143. The number of aromatic nitrogens is 3. The van der Waals surface area contributed by atoms with Gasteiger partial charge >= 0.3 is 5.97 Å². The fourth-order valence-electron chi connectivity index (χ4n) is 3.43. The molecule has 0 saturated carbocycles. The number of carbonyl (C=O) groups is 2. The van der Waals surface area contributed by atoms with Crippen LogP contribution in [-0.2, 0) is 4.79 Å². The van der Waals surface area contributed by atoms with Gasteiger partial charge in [0.2, 0.25) is 5.82 Å². The number of benzene rings is 1. The second kappa shape index (κ2) is 7.46. The number of hydrogen-bond acceptors (Lipinski definition) is 4. The quantitative estimate of drug-likeness (QED) is 0.889. The van der Waals surface area contributed by atoms with Gasteiger partial charge in [-0.1, -0.05) is 32.9 Å². The van der Waals surface area contributed by atoms with Crippen LogP contribution in [0.3, 0.4) is 0 Å². The van der Waals surface area contributed by atoms with Gasteiger partial charge in [-0.25, -0.2) is 14.1 Å². The van der Waals surface area contributed by atoms with Crippen LogP contribution in [-0.4, -0.2) is 49.7 Å². The van der Waals surface area contributed by atoms with Crippen molar-refractivity contribution < 1.29 is 19.1 Å². The number of likely N-dealkylation sites (tertiary alicyclic amines) is 1. The van der Waals surface area contributed by atoms with Crippen LogP contribution in [0.2, 0.25) is 0 Å². The zero-order valence-corrected chi connectivity index (χ0v) is 15.6. The molecule has 0 spiro atoms. The van der Waals surface area contributed by atoms with Gasteiger partial charge < -0.3 is 10.0 Å². The van der Waals surface area contributed by atoms with Crippen LogP contribution in [0, 0.1) is 17.7 Å². The Hall–Kier alpha value is -2.77. The lowest BCUT2D eigenvalue weighted by Gasteiger charge is -2.33. The Morgan fingerprint density at radius 1 is 1.26 bits per heavy atom. The summed E-state index contributed by atoms with van der Waals surface area (Å²) >= 11 is 0. The van der Waals surface area contributed by atoms with Crippen LogP contribution in [0.1, 0.15) is 49.6 Å². The third-order valence-corrected chi connectivity index (χ3v) is 4.72. The summed E-state index contributed by atoms with van der Waals surface area (Å²) in [6.45, 7) is 6.27. The van der Waals surface area contributed by atoms with Crippen LogP contribution in [0.5, 0.6) is 0 Å². The summed E-state index contributed by atoms with van der Waals surface area (Å²) in [5.74, 6) is -1.97. The molecule has 0 aliphatic carbocycles. The maximum Gasteiger partial charge on any atom is 0.308 e. The van der Waals surface area contributed by atoms with E-state index in [-0.39, 0.29) is 29.9 Å². The highest BCUT2D eigenvalue weighted by Crippen LogP contribution is 2.24. The minimum absolute atomic E-state index is 0.0415. The Kier molecular flexibility index (Phi) is 5.25. The van der Waals surface area contributed by atoms with Crippen LogP contribution < -0.4 is 0 Å². The number of hydrogen-bond donors (Lipinski definition) is 1. The Bertz CT molecular complexity index is 864. The molecular weight excluding hydrogens is 351 g/mol. The van der Waals surface area contributed by atoms with Crippen molar-refractivity contribution in [2.24, 2.45) is 11.8 Å². The highest BCUT2D eigenvalue weighted by molar-refractivity contribution is 5.91. The van der Waals surface area contributed by atoms with E-state index < -0.39 is 23.6 Å². The van der Waals surface area contributed by atoms with E-state index in [2.05, 4.69) is 10.1 Å². The molecule has 1 aromatic heterocycles. The first-order valence-corrected chi connectivity index (χ1v) is 9.01. The molecule has 144 valence electrons. The van der Waals surface area contributed by atoms with E-state index in [9.17, 15) is 19.1 Å². The number of aliphatic carboxylic acids is 1. The summed E-state index contributed by atoms with van der Waals surface area (Å²) in [7, 11) is 0. The molecule has 8 heteroatoms. The molecule has 1 aliphatic rings. The van der Waals surface area contributed by atoms with Crippen molar-refractivity contribution in [2.45, 2.75) is 33.1 Å². The molecule has 0 bridgehead atoms. The zero-order valence-electron chi connectivity index (χ0n) is 15.6. The average molecular weight is 374 g/mol. The van der Waals surface area contributed by atoms with Gasteiger partial charge in [0.05, 0.1) is 5.92 Å². The number of rotatable bonds is 4. The van der Waals surface area contributed by atoms with Crippen molar-refractivity contribution in [1.29, 1.82) is 0 Å². The summed E-state index contributed by atoms with van der Waals surface area (Å²) in [4.78, 5) is 30.1. The number of carboxylic acid groups (broad SMARTS) is 1. The van der Waals surface area contributed by atoms with E-state index >= 15 is 0 Å². The molecule has 2 unspecified atom stereocenters. The smallest absolute Gasteiger partial charge is 0.308 e. The van der Waals surface area contributed by atoms with E-state index in [1.807, 2.05) is 20.8 Å². The predicted molar refractivity (Wildman–Crippen MR) is 96.2 cm³/mol. The van der Waals surface area contributed by atoms with Crippen molar-refractivity contribution in [3.8, 4) is 5.69 Å². The summed E-state index contributed by atoms with van der Waals surface area (Å²) in [6, 6.07) is 6.17. The zero-order chi connectivity index (χ0) is 19.7. The van der Waals surface area contributed by atoms with Gasteiger partial charge in [0.1, 0.15) is 17.3 Å². The highest BCUT2D eigenvalue weighted by Gasteiger charge is 2.34. The Morgan fingerprint density at radius 3 is 2.59 bits per heavy atom. The molecule has 1 aromatic carbocycles. The first kappa shape index (κ1) is 19.0. The first-order chi connectivity index (χ1) is 12.8. The minimum Gasteiger partial charge on any atom is -0.481 e. The van der Waals surface area contributed by atoms with Crippen molar-refractivity contribution in [3.05, 3.63) is 41.7 Å². The topological polar surface area (TPSA) is 88.3 Å². The number of halogens is 1. The number of piperidine rings is 1. The van der Waals surface area contributed by atoms with E-state index in [1.54, 1.807) is 18.2 Å². The maximum absolute atomic E-state index is 14.2. The third-order valence-electron chi connectivity index (χ3n) is 4.72. The van der Waals surface area contributed by atoms with Gasteiger partial charge in [0.25, 0.3) is 5.91 Å². The monoisotopic (exact) mass is 374 g/mol. The maximum atomic E-state index is 14.2. The first-order valence-electron chi connectivity index (χ1n) is 9.01. The number of carbonyl (C=O) groups excluding carboxylic acids is 1. The summed E-state index contributed by atoms with van der Waals surface area (Å²) < 4.78 is 15.6. The third kappa shape index (κ3) is 3.84. The van der Waals surface area contributed by atoms with Gasteiger partial charge in [-0.05, 0) is 24.5 Å². The molecule has 2 heterocycles. The van der Waals surface area contributed by atoms with Crippen molar-refractivity contribution in [1.82, 2.24) is 19.7 Å². The van der Waals surface area contributed by atoms with Gasteiger partial charge in [0, 0.05) is 19.0 Å². The summed E-state index contributed by atoms with van der Waals surface area (Å²) in [5, 5.41) is 13.6. The highest BCUT2D eigenvalue weighted by atomic mass is 19.1. The van der Waals surface area contributed by atoms with Crippen molar-refractivity contribution >= 4 is 11.9 Å². The lowest BCUT2D eigenvalue weighted by atomic mass is 9.90. The second-order valence-electron chi connectivity index (χ2n) is 7.40. The van der Waals surface area contributed by atoms with E-state index in [0.29, 0.717) is 18.8 Å². The van der Waals surface area contributed by atoms with Gasteiger partial charge in [0.15, 0.2) is 0 Å². The molecule has 1 aliphatic heterocycles.